The van der Waals surface area contributed by atoms with Gasteiger partial charge in [0.15, 0.2) is 0 Å². The Kier molecular flexibility index (Phi) is 4.74. The third kappa shape index (κ3) is 3.31. The lowest BCUT2D eigenvalue weighted by atomic mass is 9.96. The van der Waals surface area contributed by atoms with Gasteiger partial charge in [-0.25, -0.2) is 12.7 Å². The van der Waals surface area contributed by atoms with Gasteiger partial charge < -0.3 is 10.6 Å². The molecule has 0 bridgehead atoms. The van der Waals surface area contributed by atoms with Crippen LogP contribution in [0, 0.1) is 11.8 Å². The van der Waals surface area contributed by atoms with Crippen LogP contribution in [0.4, 0.5) is 5.69 Å². The van der Waals surface area contributed by atoms with Crippen LogP contribution in [-0.4, -0.2) is 49.9 Å². The molecule has 8 nitrogen and oxygen atoms in total. The van der Waals surface area contributed by atoms with Crippen LogP contribution in [0.3, 0.4) is 0 Å². The first kappa shape index (κ1) is 18.4. The summed E-state index contributed by atoms with van der Waals surface area (Å²) in [5.41, 5.74) is 5.79. The minimum Gasteiger partial charge on any atom is -0.369 e. The molecule has 0 spiro atoms. The average Bonchev–Trinajstić information content (AvgIpc) is 2.81. The number of carbonyl (C=O) groups is 3. The summed E-state index contributed by atoms with van der Waals surface area (Å²) in [7, 11) is -3.72. The molecule has 2 heterocycles. The van der Waals surface area contributed by atoms with Gasteiger partial charge in [-0.1, -0.05) is 13.0 Å². The zero-order chi connectivity index (χ0) is 19.1. The number of hydrogen-bond donors (Lipinski definition) is 1. The fraction of sp³-hybridized carbons (Fsp3) is 0.471. The van der Waals surface area contributed by atoms with Gasteiger partial charge >= 0.3 is 0 Å². The standard InChI is InChI=1S/C17H21N3O5S/c1-11-10-26(24,25)20(16(11)22)14-4-2-3-13(9-14)17(23)19-7-5-12(6-8-19)15(18)21/h2-4,9,11-12H,5-8,10H2,1H3,(H2,18,21). The summed E-state index contributed by atoms with van der Waals surface area (Å²) in [6.07, 6.45) is 1.02. The molecule has 2 aliphatic heterocycles. The number of hydrogen-bond acceptors (Lipinski definition) is 5. The van der Waals surface area contributed by atoms with Crippen molar-refractivity contribution in [2.45, 2.75) is 19.8 Å². The van der Waals surface area contributed by atoms with Crippen molar-refractivity contribution in [1.82, 2.24) is 4.90 Å². The SMILES string of the molecule is CC1CS(=O)(=O)N(c2cccc(C(=O)N3CCC(C(N)=O)CC3)c2)C1=O. The maximum absolute atomic E-state index is 12.7. The summed E-state index contributed by atoms with van der Waals surface area (Å²) in [6.45, 7) is 2.39. The van der Waals surface area contributed by atoms with Crippen LogP contribution in [0.1, 0.15) is 30.1 Å². The van der Waals surface area contributed by atoms with Gasteiger partial charge in [-0.15, -0.1) is 0 Å². The van der Waals surface area contributed by atoms with Crippen molar-refractivity contribution in [2.24, 2.45) is 17.6 Å². The Balaban J connectivity index is 1.81. The van der Waals surface area contributed by atoms with Gasteiger partial charge in [0, 0.05) is 24.6 Å². The number of likely N-dealkylation sites (tertiary alicyclic amines) is 1. The zero-order valence-electron chi connectivity index (χ0n) is 14.4. The highest BCUT2D eigenvalue weighted by Crippen LogP contribution is 2.29. The molecule has 140 valence electrons. The predicted molar refractivity (Wildman–Crippen MR) is 94.7 cm³/mol. The topological polar surface area (TPSA) is 118 Å². The van der Waals surface area contributed by atoms with Crippen molar-refractivity contribution in [3.63, 3.8) is 0 Å². The number of piperidine rings is 1. The lowest BCUT2D eigenvalue weighted by molar-refractivity contribution is -0.123. The van der Waals surface area contributed by atoms with Crippen LogP contribution in [0.5, 0.6) is 0 Å². The van der Waals surface area contributed by atoms with Crippen molar-refractivity contribution in [3.8, 4) is 0 Å². The van der Waals surface area contributed by atoms with E-state index in [9.17, 15) is 22.8 Å². The molecule has 1 aromatic carbocycles. The molecule has 1 atom stereocenters. The second-order valence-corrected chi connectivity index (χ2v) is 8.66. The first-order valence-corrected chi connectivity index (χ1v) is 10.1. The van der Waals surface area contributed by atoms with E-state index in [1.165, 1.54) is 12.1 Å². The van der Waals surface area contributed by atoms with Gasteiger partial charge in [-0.3, -0.25) is 14.4 Å². The molecular weight excluding hydrogens is 358 g/mol. The summed E-state index contributed by atoms with van der Waals surface area (Å²) in [5.74, 6) is -2.16. The molecule has 0 aliphatic carbocycles. The minimum absolute atomic E-state index is 0.178. The molecule has 0 saturated carbocycles. The Hall–Kier alpha value is -2.42. The fourth-order valence-electron chi connectivity index (χ4n) is 3.40. The molecule has 2 N–H and O–H groups in total. The van der Waals surface area contributed by atoms with E-state index in [0.717, 1.165) is 4.31 Å². The number of benzene rings is 1. The molecule has 2 fully saturated rings. The summed E-state index contributed by atoms with van der Waals surface area (Å²) in [5, 5.41) is 0. The van der Waals surface area contributed by atoms with Crippen LogP contribution in [0.15, 0.2) is 24.3 Å². The molecule has 2 aliphatic rings. The molecule has 3 amide bonds. The van der Waals surface area contributed by atoms with E-state index in [-0.39, 0.29) is 29.2 Å². The van der Waals surface area contributed by atoms with Crippen molar-refractivity contribution >= 4 is 33.4 Å². The lowest BCUT2D eigenvalue weighted by Gasteiger charge is -2.30. The highest BCUT2D eigenvalue weighted by molar-refractivity contribution is 7.94. The smallest absolute Gasteiger partial charge is 0.253 e. The summed E-state index contributed by atoms with van der Waals surface area (Å²) >= 11 is 0. The molecule has 9 heteroatoms. The van der Waals surface area contributed by atoms with Gasteiger partial charge in [0.1, 0.15) is 0 Å². The van der Waals surface area contributed by atoms with Crippen molar-refractivity contribution in [3.05, 3.63) is 29.8 Å². The molecule has 1 unspecified atom stereocenters. The zero-order valence-corrected chi connectivity index (χ0v) is 15.2. The van der Waals surface area contributed by atoms with Gasteiger partial charge in [0.2, 0.25) is 21.8 Å². The Labute approximate surface area is 152 Å². The Bertz CT molecular complexity index is 859. The second kappa shape index (κ2) is 6.71. The maximum atomic E-state index is 12.7. The third-order valence-electron chi connectivity index (χ3n) is 4.87. The van der Waals surface area contributed by atoms with Gasteiger partial charge in [-0.2, -0.15) is 0 Å². The molecule has 2 saturated heterocycles. The van der Waals surface area contributed by atoms with Crippen LogP contribution >= 0.6 is 0 Å². The average molecular weight is 379 g/mol. The van der Waals surface area contributed by atoms with Crippen LogP contribution in [-0.2, 0) is 19.6 Å². The van der Waals surface area contributed by atoms with Crippen molar-refractivity contribution in [1.29, 1.82) is 0 Å². The molecular formula is C17H21N3O5S. The van der Waals surface area contributed by atoms with Crippen LogP contribution in [0.25, 0.3) is 0 Å². The van der Waals surface area contributed by atoms with E-state index in [0.29, 0.717) is 31.5 Å². The number of nitrogens with zero attached hydrogens (tertiary/aromatic N) is 2. The summed E-state index contributed by atoms with van der Waals surface area (Å²) in [4.78, 5) is 37.8. The maximum Gasteiger partial charge on any atom is 0.253 e. The van der Waals surface area contributed by atoms with Crippen molar-refractivity contribution in [2.75, 3.05) is 23.1 Å². The van der Waals surface area contributed by atoms with Gasteiger partial charge in [0.05, 0.1) is 17.4 Å². The number of carbonyl (C=O) groups excluding carboxylic acids is 3. The molecule has 1 aromatic rings. The summed E-state index contributed by atoms with van der Waals surface area (Å²) < 4.78 is 25.2. The molecule has 0 aromatic heterocycles. The van der Waals surface area contributed by atoms with Gasteiger partial charge in [-0.05, 0) is 31.0 Å². The molecule has 3 rings (SSSR count). The number of anilines is 1. The lowest BCUT2D eigenvalue weighted by Crippen LogP contribution is -2.41. The summed E-state index contributed by atoms with van der Waals surface area (Å²) in [6, 6.07) is 6.08. The highest BCUT2D eigenvalue weighted by atomic mass is 32.2. The first-order valence-electron chi connectivity index (χ1n) is 8.46. The van der Waals surface area contributed by atoms with E-state index < -0.39 is 21.8 Å². The fourth-order valence-corrected chi connectivity index (χ4v) is 5.21. The molecule has 0 radical (unpaired) electrons. The number of nitrogens with two attached hydrogens (primary N) is 1. The monoisotopic (exact) mass is 379 g/mol. The van der Waals surface area contributed by atoms with Crippen LogP contribution < -0.4 is 10.0 Å². The second-order valence-electron chi connectivity index (χ2n) is 6.80. The van der Waals surface area contributed by atoms with E-state index in [4.69, 9.17) is 5.73 Å². The number of primary amides is 1. The van der Waals surface area contributed by atoms with E-state index in [1.54, 1.807) is 24.0 Å². The predicted octanol–water partition coefficient (Wildman–Crippen LogP) is 0.337. The first-order chi connectivity index (χ1) is 12.2. The van der Waals surface area contributed by atoms with E-state index in [1.807, 2.05) is 0 Å². The quantitative estimate of drug-likeness (QED) is 0.812. The van der Waals surface area contributed by atoms with E-state index in [2.05, 4.69) is 0 Å². The van der Waals surface area contributed by atoms with Crippen LogP contribution in [0.2, 0.25) is 0 Å². The third-order valence-corrected chi connectivity index (χ3v) is 6.74. The Morgan fingerprint density at radius 1 is 1.19 bits per heavy atom. The Morgan fingerprint density at radius 2 is 1.85 bits per heavy atom. The number of sulfonamides is 1. The number of rotatable bonds is 3. The highest BCUT2D eigenvalue weighted by Gasteiger charge is 2.42. The Morgan fingerprint density at radius 3 is 2.38 bits per heavy atom. The van der Waals surface area contributed by atoms with Gasteiger partial charge in [0.25, 0.3) is 5.91 Å². The largest absolute Gasteiger partial charge is 0.369 e. The van der Waals surface area contributed by atoms with E-state index >= 15 is 0 Å². The number of amides is 3. The normalized spacial score (nSPS) is 23.3. The van der Waals surface area contributed by atoms with Crippen molar-refractivity contribution < 1.29 is 22.8 Å². The molecule has 26 heavy (non-hydrogen) atoms. The minimum atomic E-state index is -3.72.